The van der Waals surface area contributed by atoms with Crippen molar-refractivity contribution in [3.8, 4) is 17.2 Å². The molecule has 1 aliphatic rings. The van der Waals surface area contributed by atoms with Crippen molar-refractivity contribution < 1.29 is 23.4 Å². The highest BCUT2D eigenvalue weighted by atomic mass is 16.6. The number of methoxy groups -OCH3 is 1. The SMILES string of the molecule is COc1ccc2c(C)c(CCC(=O)NC[C@@H]3COc4ccccc4O3)c(=O)oc2c1. The molecule has 0 saturated carbocycles. The topological polar surface area (TPSA) is 87.0 Å². The quantitative estimate of drug-likeness (QED) is 0.630. The zero-order valence-corrected chi connectivity index (χ0v) is 16.9. The first-order valence-corrected chi connectivity index (χ1v) is 9.80. The number of benzene rings is 2. The zero-order valence-electron chi connectivity index (χ0n) is 16.9. The van der Waals surface area contributed by atoms with Crippen LogP contribution in [0.4, 0.5) is 0 Å². The van der Waals surface area contributed by atoms with Crippen molar-refractivity contribution in [2.24, 2.45) is 0 Å². The average molecular weight is 409 g/mol. The second-order valence-electron chi connectivity index (χ2n) is 7.16. The lowest BCUT2D eigenvalue weighted by Gasteiger charge is -2.26. The molecule has 2 aromatic carbocycles. The number of aryl methyl sites for hydroxylation is 1. The molecule has 0 radical (unpaired) electrons. The molecule has 0 bridgehead atoms. The van der Waals surface area contributed by atoms with Crippen LogP contribution in [0.5, 0.6) is 17.2 Å². The van der Waals surface area contributed by atoms with E-state index < -0.39 is 5.63 Å². The molecule has 4 rings (SSSR count). The fourth-order valence-corrected chi connectivity index (χ4v) is 3.51. The Morgan fingerprint density at radius 3 is 2.80 bits per heavy atom. The van der Waals surface area contributed by atoms with E-state index in [1.165, 1.54) is 0 Å². The van der Waals surface area contributed by atoms with Gasteiger partial charge in [-0.2, -0.15) is 0 Å². The number of rotatable bonds is 6. The largest absolute Gasteiger partial charge is 0.497 e. The highest BCUT2D eigenvalue weighted by molar-refractivity contribution is 5.82. The average Bonchev–Trinajstić information content (AvgIpc) is 2.77. The molecular weight excluding hydrogens is 386 g/mol. The maximum absolute atomic E-state index is 12.4. The Hall–Kier alpha value is -3.48. The van der Waals surface area contributed by atoms with E-state index in [-0.39, 0.29) is 18.4 Å². The number of carbonyl (C=O) groups is 1. The van der Waals surface area contributed by atoms with Crippen molar-refractivity contribution >= 4 is 16.9 Å². The van der Waals surface area contributed by atoms with Crippen molar-refractivity contribution in [2.75, 3.05) is 20.3 Å². The minimum Gasteiger partial charge on any atom is -0.497 e. The number of carbonyl (C=O) groups excluding carboxylic acids is 1. The minimum absolute atomic E-state index is 0.161. The van der Waals surface area contributed by atoms with Gasteiger partial charge in [0.15, 0.2) is 11.5 Å². The van der Waals surface area contributed by atoms with Gasteiger partial charge >= 0.3 is 5.63 Å². The molecule has 3 aromatic rings. The molecule has 7 heteroatoms. The van der Waals surface area contributed by atoms with Gasteiger partial charge in [-0.3, -0.25) is 4.79 Å². The summed E-state index contributed by atoms with van der Waals surface area (Å²) in [6.45, 7) is 2.57. The summed E-state index contributed by atoms with van der Waals surface area (Å²) in [5.74, 6) is 1.83. The van der Waals surface area contributed by atoms with Crippen molar-refractivity contribution in [3.63, 3.8) is 0 Å². The van der Waals surface area contributed by atoms with Gasteiger partial charge in [-0.05, 0) is 43.2 Å². The molecule has 1 aliphatic heterocycles. The Labute approximate surface area is 173 Å². The third-order valence-corrected chi connectivity index (χ3v) is 5.19. The predicted octanol–water partition coefficient (Wildman–Crippen LogP) is 3.00. The number of fused-ring (bicyclic) bond motifs is 2. The highest BCUT2D eigenvalue weighted by Gasteiger charge is 2.21. The molecule has 7 nitrogen and oxygen atoms in total. The lowest BCUT2D eigenvalue weighted by Crippen LogP contribution is -2.40. The third kappa shape index (κ3) is 4.10. The Morgan fingerprint density at radius 1 is 1.20 bits per heavy atom. The molecule has 0 aliphatic carbocycles. The van der Waals surface area contributed by atoms with Gasteiger partial charge in [0.2, 0.25) is 5.91 Å². The summed E-state index contributed by atoms with van der Waals surface area (Å²) >= 11 is 0. The summed E-state index contributed by atoms with van der Waals surface area (Å²) in [4.78, 5) is 24.7. The standard InChI is InChI=1S/C23H23NO6/c1-14-17-8-7-15(27-2)11-21(17)30-23(26)18(14)9-10-22(25)24-12-16-13-28-19-5-3-4-6-20(19)29-16/h3-8,11,16H,9-10,12-13H2,1-2H3,(H,24,25)/t16-/m1/s1. The van der Waals surface area contributed by atoms with Gasteiger partial charge in [-0.15, -0.1) is 0 Å². The van der Waals surface area contributed by atoms with E-state index in [0.717, 1.165) is 10.9 Å². The van der Waals surface area contributed by atoms with E-state index in [9.17, 15) is 9.59 Å². The molecule has 0 spiro atoms. The summed E-state index contributed by atoms with van der Waals surface area (Å²) in [6.07, 6.45) is 0.218. The minimum atomic E-state index is -0.429. The van der Waals surface area contributed by atoms with Crippen LogP contribution in [-0.2, 0) is 11.2 Å². The van der Waals surface area contributed by atoms with E-state index in [4.69, 9.17) is 18.6 Å². The molecular formula is C23H23NO6. The number of hydrogen-bond acceptors (Lipinski definition) is 6. The zero-order chi connectivity index (χ0) is 21.1. The van der Waals surface area contributed by atoms with Crippen LogP contribution in [0, 0.1) is 6.92 Å². The van der Waals surface area contributed by atoms with Crippen LogP contribution < -0.4 is 25.2 Å². The third-order valence-electron chi connectivity index (χ3n) is 5.19. The van der Waals surface area contributed by atoms with E-state index in [1.54, 1.807) is 13.2 Å². The van der Waals surface area contributed by atoms with Crippen LogP contribution in [0.15, 0.2) is 51.7 Å². The number of hydrogen-bond donors (Lipinski definition) is 1. The Bertz CT molecular complexity index is 1140. The van der Waals surface area contributed by atoms with E-state index >= 15 is 0 Å². The molecule has 2 heterocycles. The smallest absolute Gasteiger partial charge is 0.339 e. The first kappa shape index (κ1) is 19.8. The fraction of sp³-hybridized carbons (Fsp3) is 0.304. The van der Waals surface area contributed by atoms with Gasteiger partial charge in [0, 0.05) is 23.4 Å². The van der Waals surface area contributed by atoms with Gasteiger partial charge in [-0.1, -0.05) is 12.1 Å². The number of nitrogens with one attached hydrogen (secondary N) is 1. The van der Waals surface area contributed by atoms with Crippen molar-refractivity contribution in [2.45, 2.75) is 25.9 Å². The van der Waals surface area contributed by atoms with Crippen molar-refractivity contribution in [3.05, 3.63) is 64.0 Å². The maximum Gasteiger partial charge on any atom is 0.339 e. The molecule has 30 heavy (non-hydrogen) atoms. The molecule has 1 N–H and O–H groups in total. The predicted molar refractivity (Wildman–Crippen MR) is 111 cm³/mol. The van der Waals surface area contributed by atoms with Crippen molar-refractivity contribution in [1.82, 2.24) is 5.32 Å². The number of amides is 1. The van der Waals surface area contributed by atoms with Crippen LogP contribution in [0.2, 0.25) is 0 Å². The summed E-state index contributed by atoms with van der Waals surface area (Å²) in [5.41, 5.74) is 1.37. The Morgan fingerprint density at radius 2 is 2.00 bits per heavy atom. The molecule has 1 atom stereocenters. The second kappa shape index (κ2) is 8.49. The van der Waals surface area contributed by atoms with E-state index in [0.29, 0.717) is 48.0 Å². The summed E-state index contributed by atoms with van der Waals surface area (Å²) in [6, 6.07) is 12.8. The van der Waals surface area contributed by atoms with E-state index in [2.05, 4.69) is 5.32 Å². The highest BCUT2D eigenvalue weighted by Crippen LogP contribution is 2.30. The number of ether oxygens (including phenoxy) is 3. The lowest BCUT2D eigenvalue weighted by molar-refractivity contribution is -0.121. The molecule has 0 saturated heterocycles. The van der Waals surface area contributed by atoms with Gasteiger partial charge in [-0.25, -0.2) is 4.79 Å². The second-order valence-corrected chi connectivity index (χ2v) is 7.16. The van der Waals surface area contributed by atoms with Crippen LogP contribution in [0.3, 0.4) is 0 Å². The van der Waals surface area contributed by atoms with Gasteiger partial charge < -0.3 is 23.9 Å². The normalized spacial score (nSPS) is 15.1. The summed E-state index contributed by atoms with van der Waals surface area (Å²) in [5, 5.41) is 3.68. The molecule has 0 unspecified atom stereocenters. The molecule has 156 valence electrons. The maximum atomic E-state index is 12.4. The van der Waals surface area contributed by atoms with E-state index in [1.807, 2.05) is 43.3 Å². The first-order chi connectivity index (χ1) is 14.5. The Kier molecular flexibility index (Phi) is 5.61. The van der Waals surface area contributed by atoms with Crippen LogP contribution in [0.25, 0.3) is 11.0 Å². The van der Waals surface area contributed by atoms with Crippen LogP contribution >= 0.6 is 0 Å². The Balaban J connectivity index is 1.36. The van der Waals surface area contributed by atoms with Gasteiger partial charge in [0.05, 0.1) is 13.7 Å². The first-order valence-electron chi connectivity index (χ1n) is 9.80. The van der Waals surface area contributed by atoms with Crippen LogP contribution in [0.1, 0.15) is 17.5 Å². The van der Waals surface area contributed by atoms with Crippen LogP contribution in [-0.4, -0.2) is 32.3 Å². The molecule has 1 amide bonds. The fourth-order valence-electron chi connectivity index (χ4n) is 3.51. The summed E-state index contributed by atoms with van der Waals surface area (Å²) < 4.78 is 22.1. The number of para-hydroxylation sites is 2. The lowest BCUT2D eigenvalue weighted by atomic mass is 10.0. The van der Waals surface area contributed by atoms with Gasteiger partial charge in [0.25, 0.3) is 0 Å². The summed E-state index contributed by atoms with van der Waals surface area (Å²) in [7, 11) is 1.56. The monoisotopic (exact) mass is 409 g/mol. The van der Waals surface area contributed by atoms with Gasteiger partial charge in [0.1, 0.15) is 24.0 Å². The van der Waals surface area contributed by atoms with Crippen molar-refractivity contribution in [1.29, 1.82) is 0 Å². The molecule has 1 aromatic heterocycles. The molecule has 0 fully saturated rings.